The van der Waals surface area contributed by atoms with Crippen LogP contribution in [-0.4, -0.2) is 9.97 Å². The van der Waals surface area contributed by atoms with Gasteiger partial charge in [0, 0.05) is 23.2 Å². The molecule has 0 spiro atoms. The number of nitrogens with zero attached hydrogens (tertiary/aromatic N) is 2. The minimum absolute atomic E-state index is 0.722. The van der Waals surface area contributed by atoms with Crippen LogP contribution in [0.5, 0.6) is 0 Å². The van der Waals surface area contributed by atoms with Gasteiger partial charge in [-0.2, -0.15) is 0 Å². The van der Waals surface area contributed by atoms with Gasteiger partial charge in [-0.15, -0.1) is 0 Å². The third kappa shape index (κ3) is 2.40. The van der Waals surface area contributed by atoms with E-state index in [0.29, 0.717) is 0 Å². The van der Waals surface area contributed by atoms with E-state index in [9.17, 15) is 0 Å². The summed E-state index contributed by atoms with van der Waals surface area (Å²) < 4.78 is 10.4. The molecule has 0 amide bonds. The number of hydrogen-bond donors (Lipinski definition) is 0. The van der Waals surface area contributed by atoms with Gasteiger partial charge in [-0.25, -0.2) is 9.97 Å². The zero-order valence-electron chi connectivity index (χ0n) is 11.3. The average Bonchev–Trinajstić information content (AvgIpc) is 3.02. The molecule has 20 heavy (non-hydrogen) atoms. The van der Waals surface area contributed by atoms with E-state index in [2.05, 4.69) is 9.97 Å². The van der Waals surface area contributed by atoms with Crippen molar-refractivity contribution in [1.82, 2.24) is 9.97 Å². The summed E-state index contributed by atoms with van der Waals surface area (Å²) in [5.41, 5.74) is 2.59. The predicted octanol–water partition coefficient (Wildman–Crippen LogP) is 4.27. The van der Waals surface area contributed by atoms with E-state index in [1.165, 1.54) is 0 Å². The summed E-state index contributed by atoms with van der Waals surface area (Å²) in [7, 11) is 0. The van der Waals surface area contributed by atoms with E-state index in [4.69, 9.17) is 8.83 Å². The minimum Gasteiger partial charge on any atom is -0.446 e. The largest absolute Gasteiger partial charge is 0.446 e. The summed E-state index contributed by atoms with van der Waals surface area (Å²) in [4.78, 5) is 8.07. The van der Waals surface area contributed by atoms with Crippen molar-refractivity contribution in [2.75, 3.05) is 0 Å². The molecule has 4 heteroatoms. The summed E-state index contributed by atoms with van der Waals surface area (Å²) >= 11 is 0. The van der Waals surface area contributed by atoms with Crippen LogP contribution < -0.4 is 0 Å². The maximum atomic E-state index is 5.26. The van der Waals surface area contributed by atoms with Gasteiger partial charge in [-0.1, -0.05) is 0 Å². The molecule has 0 aromatic carbocycles. The van der Waals surface area contributed by atoms with E-state index in [-0.39, 0.29) is 0 Å². The molecule has 0 saturated heterocycles. The van der Waals surface area contributed by atoms with Crippen LogP contribution in [-0.2, 0) is 0 Å². The van der Waals surface area contributed by atoms with Gasteiger partial charge < -0.3 is 8.83 Å². The van der Waals surface area contributed by atoms with Crippen LogP contribution in [0.15, 0.2) is 57.8 Å². The van der Waals surface area contributed by atoms with Crippen LogP contribution >= 0.6 is 0 Å². The summed E-state index contributed by atoms with van der Waals surface area (Å²) in [5.74, 6) is 0.911. The monoisotopic (exact) mass is 266 g/mol. The standard InChI is InChI=1S/2C8H7NO/c1-6-5-10-8-7(6)3-2-4-9-8;1-6-5-7-3-2-4-9-8(7)10-6/h2*2-5H,1H3. The molecule has 0 N–H and O–H groups in total. The maximum absolute atomic E-state index is 5.26. The number of pyridine rings is 2. The van der Waals surface area contributed by atoms with Crippen LogP contribution in [0.4, 0.5) is 0 Å². The van der Waals surface area contributed by atoms with Gasteiger partial charge in [0.2, 0.25) is 11.4 Å². The number of aromatic nitrogens is 2. The Labute approximate surface area is 116 Å². The van der Waals surface area contributed by atoms with Crippen LogP contribution in [0.3, 0.4) is 0 Å². The summed E-state index contributed by atoms with van der Waals surface area (Å²) in [6.07, 6.45) is 5.17. The number of hydrogen-bond acceptors (Lipinski definition) is 4. The Kier molecular flexibility index (Phi) is 3.21. The normalized spacial score (nSPS) is 10.5. The fourth-order valence-corrected chi connectivity index (χ4v) is 1.99. The Morgan fingerprint density at radius 3 is 2.45 bits per heavy atom. The van der Waals surface area contributed by atoms with Crippen molar-refractivity contribution in [1.29, 1.82) is 0 Å². The summed E-state index contributed by atoms with van der Waals surface area (Å²) in [5, 5.41) is 2.17. The van der Waals surface area contributed by atoms with E-state index in [1.807, 2.05) is 44.2 Å². The molecule has 0 aliphatic heterocycles. The predicted molar refractivity (Wildman–Crippen MR) is 77.5 cm³/mol. The molecule has 4 rings (SSSR count). The van der Waals surface area contributed by atoms with Crippen molar-refractivity contribution >= 4 is 22.2 Å². The van der Waals surface area contributed by atoms with Crippen molar-refractivity contribution < 1.29 is 8.83 Å². The van der Waals surface area contributed by atoms with E-state index < -0.39 is 0 Å². The molecular weight excluding hydrogens is 252 g/mol. The van der Waals surface area contributed by atoms with Gasteiger partial charge in [-0.05, 0) is 49.7 Å². The van der Waals surface area contributed by atoms with Gasteiger partial charge in [-0.3, -0.25) is 0 Å². The van der Waals surface area contributed by atoms with Crippen LogP contribution in [0.2, 0.25) is 0 Å². The van der Waals surface area contributed by atoms with Gasteiger partial charge >= 0.3 is 0 Å². The third-order valence-electron chi connectivity index (χ3n) is 2.96. The highest BCUT2D eigenvalue weighted by atomic mass is 16.3. The molecular formula is C16H14N2O2. The van der Waals surface area contributed by atoms with Crippen molar-refractivity contribution in [3.63, 3.8) is 0 Å². The first-order valence-corrected chi connectivity index (χ1v) is 6.34. The molecule has 100 valence electrons. The average molecular weight is 266 g/mol. The van der Waals surface area contributed by atoms with Crippen LogP contribution in [0, 0.1) is 13.8 Å². The number of aryl methyl sites for hydroxylation is 2. The fraction of sp³-hybridized carbons (Fsp3) is 0.125. The van der Waals surface area contributed by atoms with Gasteiger partial charge in [0.25, 0.3) is 0 Å². The molecule has 0 aliphatic carbocycles. The SMILES string of the molecule is Cc1cc2cccnc2o1.Cc1coc2ncccc12. The topological polar surface area (TPSA) is 52.1 Å². The molecule has 4 aromatic rings. The Morgan fingerprint density at radius 1 is 0.950 bits per heavy atom. The lowest BCUT2D eigenvalue weighted by molar-refractivity contribution is 0.567. The third-order valence-corrected chi connectivity index (χ3v) is 2.96. The molecule has 0 radical (unpaired) electrons. The van der Waals surface area contributed by atoms with Gasteiger partial charge in [0.1, 0.15) is 5.76 Å². The van der Waals surface area contributed by atoms with Crippen LogP contribution in [0.25, 0.3) is 22.2 Å². The lowest BCUT2D eigenvalue weighted by Crippen LogP contribution is -1.69. The summed E-state index contributed by atoms with van der Waals surface area (Å²) in [6.45, 7) is 3.93. The second kappa shape index (κ2) is 5.17. The zero-order valence-corrected chi connectivity index (χ0v) is 11.3. The molecule has 4 heterocycles. The zero-order chi connectivity index (χ0) is 13.9. The van der Waals surface area contributed by atoms with E-state index >= 15 is 0 Å². The Morgan fingerprint density at radius 2 is 1.70 bits per heavy atom. The molecule has 0 aliphatic rings. The molecule has 4 aromatic heterocycles. The van der Waals surface area contributed by atoms with Gasteiger partial charge in [0.15, 0.2) is 0 Å². The van der Waals surface area contributed by atoms with E-state index in [0.717, 1.165) is 33.5 Å². The highest BCUT2D eigenvalue weighted by Crippen LogP contribution is 2.16. The molecule has 0 atom stereocenters. The smallest absolute Gasteiger partial charge is 0.226 e. The number of rotatable bonds is 0. The first-order chi connectivity index (χ1) is 9.74. The first kappa shape index (κ1) is 12.4. The van der Waals surface area contributed by atoms with Crippen molar-refractivity contribution in [3.8, 4) is 0 Å². The minimum atomic E-state index is 0.722. The first-order valence-electron chi connectivity index (χ1n) is 6.34. The second-order valence-corrected chi connectivity index (χ2v) is 4.53. The van der Waals surface area contributed by atoms with Crippen LogP contribution in [0.1, 0.15) is 11.3 Å². The number of fused-ring (bicyclic) bond motifs is 2. The molecule has 0 saturated carbocycles. The highest BCUT2D eigenvalue weighted by molar-refractivity contribution is 5.76. The molecule has 0 bridgehead atoms. The van der Waals surface area contributed by atoms with E-state index in [1.54, 1.807) is 18.7 Å². The number of furan rings is 2. The summed E-state index contributed by atoms with van der Waals surface area (Å²) in [6, 6.07) is 9.77. The maximum Gasteiger partial charge on any atom is 0.226 e. The molecule has 0 fully saturated rings. The molecule has 4 nitrogen and oxygen atoms in total. The Hall–Kier alpha value is -2.62. The Balaban J connectivity index is 0.000000121. The van der Waals surface area contributed by atoms with Gasteiger partial charge in [0.05, 0.1) is 6.26 Å². The van der Waals surface area contributed by atoms with Crippen molar-refractivity contribution in [2.24, 2.45) is 0 Å². The fourth-order valence-electron chi connectivity index (χ4n) is 1.99. The lowest BCUT2D eigenvalue weighted by Gasteiger charge is -1.83. The molecule has 0 unspecified atom stereocenters. The van der Waals surface area contributed by atoms with Crippen molar-refractivity contribution in [3.05, 3.63) is 60.3 Å². The highest BCUT2D eigenvalue weighted by Gasteiger charge is 1.99. The lowest BCUT2D eigenvalue weighted by atomic mass is 10.2. The van der Waals surface area contributed by atoms with Crippen molar-refractivity contribution in [2.45, 2.75) is 13.8 Å². The second-order valence-electron chi connectivity index (χ2n) is 4.53. The quantitative estimate of drug-likeness (QED) is 0.477. The Bertz CT molecular complexity index is 804.